The zero-order valence-corrected chi connectivity index (χ0v) is 32.5. The Morgan fingerprint density at radius 2 is 0.862 bits per heavy atom. The zero-order chi connectivity index (χ0) is 38.4. The quantitative estimate of drug-likeness (QED) is 0.146. The van der Waals surface area contributed by atoms with E-state index in [1.165, 1.54) is 86.2 Å². The summed E-state index contributed by atoms with van der Waals surface area (Å²) in [5, 5.41) is 7.52. The van der Waals surface area contributed by atoms with Crippen molar-refractivity contribution in [3.05, 3.63) is 224 Å². The molecule has 0 aliphatic heterocycles. The van der Waals surface area contributed by atoms with Gasteiger partial charge < -0.3 is 4.90 Å². The van der Waals surface area contributed by atoms with Gasteiger partial charge in [-0.2, -0.15) is 0 Å². The molecule has 0 fully saturated rings. The predicted molar refractivity (Wildman–Crippen MR) is 251 cm³/mol. The summed E-state index contributed by atoms with van der Waals surface area (Å²) in [5.41, 5.74) is 12.9. The lowest BCUT2D eigenvalue weighted by atomic mass is 9.87. The Morgan fingerprint density at radius 1 is 0.293 bits per heavy atom. The van der Waals surface area contributed by atoms with Crippen LogP contribution in [0, 0.1) is 0 Å². The molecule has 0 bridgehead atoms. The summed E-state index contributed by atoms with van der Waals surface area (Å²) >= 11 is 1.86. The van der Waals surface area contributed by atoms with Crippen LogP contribution in [0.1, 0.15) is 0 Å². The fourth-order valence-electron chi connectivity index (χ4n) is 8.77. The molecule has 0 atom stereocenters. The molecule has 272 valence electrons. The minimum atomic E-state index is 1.09. The van der Waals surface area contributed by atoms with Crippen LogP contribution in [-0.2, 0) is 0 Å². The maximum atomic E-state index is 2.50. The summed E-state index contributed by atoms with van der Waals surface area (Å²) in [4.78, 5) is 2.50. The number of anilines is 3. The number of hydrogen-bond donors (Lipinski definition) is 0. The molecule has 10 aromatic carbocycles. The Kier molecular flexibility index (Phi) is 8.42. The van der Waals surface area contributed by atoms with Gasteiger partial charge >= 0.3 is 0 Å². The molecule has 0 aliphatic rings. The Balaban J connectivity index is 1.18. The van der Waals surface area contributed by atoms with Gasteiger partial charge in [0.2, 0.25) is 0 Å². The molecule has 1 aromatic heterocycles. The Morgan fingerprint density at radius 3 is 1.64 bits per heavy atom. The standard InChI is InChI=1S/C56H37NS/c1-3-16-39(17-4-1)44-21-9-12-26-50(44)56-46(40-18-5-2-6-19-40)27-15-28-52(56)57(53-37-42-20-7-8-22-45(42)47-23-10-11-24-48(47)53)43-33-30-38(31-34-43)41-32-35-55-51(36-41)49-25-13-14-29-54(49)58-55/h1-37H. The third-order valence-electron chi connectivity index (χ3n) is 11.5. The third kappa shape index (κ3) is 5.86. The molecule has 0 radical (unpaired) electrons. The van der Waals surface area contributed by atoms with E-state index in [9.17, 15) is 0 Å². The van der Waals surface area contributed by atoms with Gasteiger partial charge in [-0.15, -0.1) is 11.3 Å². The van der Waals surface area contributed by atoms with E-state index in [1.54, 1.807) is 0 Å². The molecular formula is C56H37NS. The number of rotatable bonds is 7. The van der Waals surface area contributed by atoms with Crippen molar-refractivity contribution in [1.82, 2.24) is 0 Å². The van der Waals surface area contributed by atoms with Crippen LogP contribution in [0.25, 0.3) is 86.2 Å². The van der Waals surface area contributed by atoms with Crippen molar-refractivity contribution < 1.29 is 0 Å². The SMILES string of the molecule is c1ccc(-c2ccccc2-c2c(-c3ccccc3)cccc2N(c2ccc(-c3ccc4sc5ccccc5c4c3)cc2)c2cc3ccccc3c3ccccc23)cc1. The van der Waals surface area contributed by atoms with Crippen molar-refractivity contribution >= 4 is 70.1 Å². The summed E-state index contributed by atoms with van der Waals surface area (Å²) in [6.07, 6.45) is 0. The Labute approximate surface area is 342 Å². The minimum Gasteiger partial charge on any atom is -0.309 e. The molecule has 0 saturated carbocycles. The molecule has 0 N–H and O–H groups in total. The first kappa shape index (κ1) is 34.0. The summed E-state index contributed by atoms with van der Waals surface area (Å²) in [6.45, 7) is 0. The van der Waals surface area contributed by atoms with Gasteiger partial charge in [0, 0.05) is 36.8 Å². The fourth-order valence-corrected chi connectivity index (χ4v) is 9.86. The van der Waals surface area contributed by atoms with Crippen LogP contribution >= 0.6 is 11.3 Å². The summed E-state index contributed by atoms with van der Waals surface area (Å²) in [5.74, 6) is 0. The van der Waals surface area contributed by atoms with Crippen molar-refractivity contribution in [2.24, 2.45) is 0 Å². The summed E-state index contributed by atoms with van der Waals surface area (Å²) in [7, 11) is 0. The normalized spacial score (nSPS) is 11.4. The maximum absolute atomic E-state index is 2.50. The van der Waals surface area contributed by atoms with Gasteiger partial charge in [0.25, 0.3) is 0 Å². The fraction of sp³-hybridized carbons (Fsp3) is 0. The summed E-state index contributed by atoms with van der Waals surface area (Å²) in [6, 6.07) is 82.1. The molecule has 1 heterocycles. The molecule has 0 unspecified atom stereocenters. The van der Waals surface area contributed by atoms with Crippen LogP contribution in [0.4, 0.5) is 17.1 Å². The zero-order valence-electron chi connectivity index (χ0n) is 31.7. The van der Waals surface area contributed by atoms with Crippen LogP contribution in [0.2, 0.25) is 0 Å². The Hall–Kier alpha value is -7.26. The van der Waals surface area contributed by atoms with Crippen LogP contribution in [-0.4, -0.2) is 0 Å². The van der Waals surface area contributed by atoms with Crippen molar-refractivity contribution in [3.8, 4) is 44.5 Å². The first-order chi connectivity index (χ1) is 28.8. The summed E-state index contributed by atoms with van der Waals surface area (Å²) < 4.78 is 2.64. The lowest BCUT2D eigenvalue weighted by molar-refractivity contribution is 1.30. The smallest absolute Gasteiger partial charge is 0.0546 e. The highest BCUT2D eigenvalue weighted by Gasteiger charge is 2.24. The molecule has 0 amide bonds. The molecule has 1 nitrogen and oxygen atoms in total. The van der Waals surface area contributed by atoms with E-state index in [4.69, 9.17) is 0 Å². The Bertz CT molecular complexity index is 3270. The van der Waals surface area contributed by atoms with Crippen LogP contribution in [0.5, 0.6) is 0 Å². The van der Waals surface area contributed by atoms with E-state index >= 15 is 0 Å². The van der Waals surface area contributed by atoms with Gasteiger partial charge in [0.1, 0.15) is 0 Å². The molecule has 58 heavy (non-hydrogen) atoms. The van der Waals surface area contributed by atoms with Gasteiger partial charge in [-0.25, -0.2) is 0 Å². The highest BCUT2D eigenvalue weighted by Crippen LogP contribution is 2.50. The third-order valence-corrected chi connectivity index (χ3v) is 12.6. The number of hydrogen-bond acceptors (Lipinski definition) is 2. The number of nitrogens with zero attached hydrogens (tertiary/aromatic N) is 1. The van der Waals surface area contributed by atoms with Gasteiger partial charge in [0.15, 0.2) is 0 Å². The maximum Gasteiger partial charge on any atom is 0.0546 e. The van der Waals surface area contributed by atoms with E-state index < -0.39 is 0 Å². The second kappa shape index (κ2) is 14.4. The van der Waals surface area contributed by atoms with Crippen molar-refractivity contribution in [3.63, 3.8) is 0 Å². The van der Waals surface area contributed by atoms with Crippen molar-refractivity contribution in [2.75, 3.05) is 4.90 Å². The number of benzene rings is 10. The van der Waals surface area contributed by atoms with Gasteiger partial charge in [0.05, 0.1) is 11.4 Å². The van der Waals surface area contributed by atoms with Crippen molar-refractivity contribution in [2.45, 2.75) is 0 Å². The highest BCUT2D eigenvalue weighted by atomic mass is 32.1. The van der Waals surface area contributed by atoms with Gasteiger partial charge in [-0.3, -0.25) is 0 Å². The average Bonchev–Trinajstić information content (AvgIpc) is 3.68. The van der Waals surface area contributed by atoms with E-state index in [0.29, 0.717) is 0 Å². The minimum absolute atomic E-state index is 1.09. The van der Waals surface area contributed by atoms with E-state index in [-0.39, 0.29) is 0 Å². The average molecular weight is 756 g/mol. The second-order valence-electron chi connectivity index (χ2n) is 14.8. The number of thiophene rings is 1. The largest absolute Gasteiger partial charge is 0.309 e. The van der Waals surface area contributed by atoms with Gasteiger partial charge in [-0.05, 0) is 97.6 Å². The molecule has 0 saturated heterocycles. The predicted octanol–water partition coefficient (Wildman–Crippen LogP) is 16.5. The van der Waals surface area contributed by atoms with Crippen LogP contribution in [0.3, 0.4) is 0 Å². The molecular weight excluding hydrogens is 719 g/mol. The van der Waals surface area contributed by atoms with Crippen molar-refractivity contribution in [1.29, 1.82) is 0 Å². The van der Waals surface area contributed by atoms with Crippen LogP contribution < -0.4 is 4.90 Å². The second-order valence-corrected chi connectivity index (χ2v) is 15.9. The monoisotopic (exact) mass is 755 g/mol. The lowest BCUT2D eigenvalue weighted by Gasteiger charge is -2.31. The molecule has 11 rings (SSSR count). The van der Waals surface area contributed by atoms with Gasteiger partial charge in [-0.1, -0.05) is 182 Å². The lowest BCUT2D eigenvalue weighted by Crippen LogP contribution is -2.12. The number of fused-ring (bicyclic) bond motifs is 6. The van der Waals surface area contributed by atoms with Crippen LogP contribution in [0.15, 0.2) is 224 Å². The molecule has 11 aromatic rings. The first-order valence-corrected chi connectivity index (χ1v) is 20.7. The molecule has 2 heteroatoms. The molecule has 0 spiro atoms. The van der Waals surface area contributed by atoms with E-state index in [0.717, 1.165) is 17.1 Å². The van der Waals surface area contributed by atoms with E-state index in [1.807, 2.05) is 11.3 Å². The topological polar surface area (TPSA) is 3.24 Å². The highest BCUT2D eigenvalue weighted by molar-refractivity contribution is 7.25. The first-order valence-electron chi connectivity index (χ1n) is 19.8. The van der Waals surface area contributed by atoms with E-state index in [2.05, 4.69) is 229 Å². The molecule has 0 aliphatic carbocycles.